The third-order valence-electron chi connectivity index (χ3n) is 4.47. The van der Waals surface area contributed by atoms with Crippen molar-refractivity contribution < 1.29 is 0 Å². The van der Waals surface area contributed by atoms with E-state index in [1.807, 2.05) is 11.4 Å². The van der Waals surface area contributed by atoms with E-state index in [0.29, 0.717) is 0 Å². The van der Waals surface area contributed by atoms with E-state index in [1.54, 1.807) is 11.3 Å². The van der Waals surface area contributed by atoms with Crippen molar-refractivity contribution in [2.45, 2.75) is 50.1 Å². The zero-order valence-electron chi connectivity index (χ0n) is 11.8. The second-order valence-electron chi connectivity index (χ2n) is 5.64. The molecule has 0 saturated heterocycles. The predicted molar refractivity (Wildman–Crippen MR) is 83.5 cm³/mol. The maximum atomic E-state index is 6.34. The summed E-state index contributed by atoms with van der Waals surface area (Å²) in [6.07, 6.45) is 7.51. The number of nitrogens with zero attached hydrogens (tertiary/aromatic N) is 1. The summed E-state index contributed by atoms with van der Waals surface area (Å²) in [4.78, 5) is 3.51. The molecule has 1 aromatic rings. The quantitative estimate of drug-likeness (QED) is 0.507. The molecule has 5 heteroatoms. The zero-order chi connectivity index (χ0) is 13.9. The van der Waals surface area contributed by atoms with Crippen LogP contribution in [0.15, 0.2) is 11.4 Å². The molecule has 1 heterocycles. The van der Waals surface area contributed by atoms with Gasteiger partial charge >= 0.3 is 0 Å². The SMILES string of the molecule is CN(C)C1(C(NN)c2sccc2Cl)CCCCCC1. The fourth-order valence-corrected chi connectivity index (χ4v) is 4.66. The van der Waals surface area contributed by atoms with Crippen LogP contribution in [0.25, 0.3) is 0 Å². The summed E-state index contributed by atoms with van der Waals surface area (Å²) in [7, 11) is 4.33. The number of rotatable bonds is 4. The van der Waals surface area contributed by atoms with Gasteiger partial charge in [-0.15, -0.1) is 11.3 Å². The van der Waals surface area contributed by atoms with Gasteiger partial charge < -0.3 is 4.90 Å². The maximum absolute atomic E-state index is 6.34. The summed E-state index contributed by atoms with van der Waals surface area (Å²) < 4.78 is 0. The summed E-state index contributed by atoms with van der Waals surface area (Å²) >= 11 is 8.03. The molecular formula is C14H24ClN3S. The Morgan fingerprint density at radius 3 is 2.37 bits per heavy atom. The van der Waals surface area contributed by atoms with Crippen molar-refractivity contribution in [2.75, 3.05) is 14.1 Å². The van der Waals surface area contributed by atoms with Crippen LogP contribution in [0, 0.1) is 0 Å². The van der Waals surface area contributed by atoms with Gasteiger partial charge in [-0.05, 0) is 38.4 Å². The molecule has 1 aliphatic carbocycles. The molecule has 0 bridgehead atoms. The highest BCUT2D eigenvalue weighted by atomic mass is 35.5. The fourth-order valence-electron chi connectivity index (χ4n) is 3.32. The standard InChI is InChI=1S/C14H24ClN3S/c1-18(2)14(8-5-3-4-6-9-14)13(17-16)12-11(15)7-10-19-12/h7,10,13,17H,3-6,8-9,16H2,1-2H3. The number of halogens is 1. The van der Waals surface area contributed by atoms with Gasteiger partial charge in [-0.25, -0.2) is 0 Å². The molecule has 0 aliphatic heterocycles. The minimum absolute atomic E-state index is 0.0692. The Labute approximate surface area is 125 Å². The first-order valence-electron chi connectivity index (χ1n) is 6.98. The molecule has 1 aliphatic rings. The van der Waals surface area contributed by atoms with Gasteiger partial charge in [0.1, 0.15) is 0 Å². The topological polar surface area (TPSA) is 41.3 Å². The number of nitrogens with one attached hydrogen (secondary N) is 1. The molecule has 1 saturated carbocycles. The molecule has 0 radical (unpaired) electrons. The van der Waals surface area contributed by atoms with Crippen LogP contribution < -0.4 is 11.3 Å². The average molecular weight is 302 g/mol. The van der Waals surface area contributed by atoms with Crippen LogP contribution in [0.5, 0.6) is 0 Å². The predicted octanol–water partition coefficient (Wildman–Crippen LogP) is 3.56. The summed E-state index contributed by atoms with van der Waals surface area (Å²) in [6.45, 7) is 0. The largest absolute Gasteiger partial charge is 0.302 e. The summed E-state index contributed by atoms with van der Waals surface area (Å²) in [6, 6.07) is 2.07. The first kappa shape index (κ1) is 15.3. The molecule has 1 aromatic heterocycles. The molecular weight excluding hydrogens is 278 g/mol. The molecule has 1 unspecified atom stereocenters. The van der Waals surface area contributed by atoms with Gasteiger partial charge in [0.05, 0.1) is 11.1 Å². The van der Waals surface area contributed by atoms with Crippen LogP contribution in [0.1, 0.15) is 49.4 Å². The van der Waals surface area contributed by atoms with Crippen LogP contribution in [-0.4, -0.2) is 24.5 Å². The third-order valence-corrected chi connectivity index (χ3v) is 5.89. The Morgan fingerprint density at radius 1 is 1.32 bits per heavy atom. The monoisotopic (exact) mass is 301 g/mol. The van der Waals surface area contributed by atoms with E-state index in [9.17, 15) is 0 Å². The summed E-state index contributed by atoms with van der Waals surface area (Å²) in [5.74, 6) is 5.91. The van der Waals surface area contributed by atoms with E-state index >= 15 is 0 Å². The minimum atomic E-state index is 0.0692. The maximum Gasteiger partial charge on any atom is 0.0751 e. The Bertz CT molecular complexity index is 397. The Hall–Kier alpha value is -0.130. The zero-order valence-corrected chi connectivity index (χ0v) is 13.4. The van der Waals surface area contributed by atoms with E-state index in [1.165, 1.54) is 43.4 Å². The van der Waals surface area contributed by atoms with Gasteiger partial charge in [0.25, 0.3) is 0 Å². The van der Waals surface area contributed by atoms with Crippen molar-refractivity contribution in [1.82, 2.24) is 10.3 Å². The van der Waals surface area contributed by atoms with Crippen molar-refractivity contribution in [3.05, 3.63) is 21.3 Å². The van der Waals surface area contributed by atoms with E-state index in [2.05, 4.69) is 24.4 Å². The first-order valence-corrected chi connectivity index (χ1v) is 8.24. The highest BCUT2D eigenvalue weighted by molar-refractivity contribution is 7.10. The summed E-state index contributed by atoms with van der Waals surface area (Å²) in [5.41, 5.74) is 3.12. The molecule has 0 spiro atoms. The minimum Gasteiger partial charge on any atom is -0.302 e. The lowest BCUT2D eigenvalue weighted by Crippen LogP contribution is -2.55. The van der Waals surface area contributed by atoms with Gasteiger partial charge in [-0.2, -0.15) is 0 Å². The van der Waals surface area contributed by atoms with Crippen molar-refractivity contribution in [2.24, 2.45) is 5.84 Å². The second-order valence-corrected chi connectivity index (χ2v) is 7.00. The van der Waals surface area contributed by atoms with E-state index in [-0.39, 0.29) is 11.6 Å². The number of thiophene rings is 1. The number of hydrogen-bond donors (Lipinski definition) is 2. The van der Waals surface area contributed by atoms with Gasteiger partial charge in [0.15, 0.2) is 0 Å². The highest BCUT2D eigenvalue weighted by Crippen LogP contribution is 2.44. The Morgan fingerprint density at radius 2 is 1.95 bits per heavy atom. The molecule has 1 atom stereocenters. The van der Waals surface area contributed by atoms with Crippen molar-refractivity contribution in [3.8, 4) is 0 Å². The molecule has 19 heavy (non-hydrogen) atoms. The second kappa shape index (κ2) is 6.55. The molecule has 0 aromatic carbocycles. The number of nitrogens with two attached hydrogens (primary N) is 1. The van der Waals surface area contributed by atoms with Gasteiger partial charge in [-0.1, -0.05) is 37.3 Å². The Kier molecular flexibility index (Phi) is 5.26. The molecule has 3 N–H and O–H groups in total. The van der Waals surface area contributed by atoms with E-state index < -0.39 is 0 Å². The smallest absolute Gasteiger partial charge is 0.0751 e. The van der Waals surface area contributed by atoms with Crippen LogP contribution in [0.3, 0.4) is 0 Å². The van der Waals surface area contributed by atoms with E-state index in [0.717, 1.165) is 5.02 Å². The first-order chi connectivity index (χ1) is 9.12. The lowest BCUT2D eigenvalue weighted by Gasteiger charge is -2.45. The van der Waals surface area contributed by atoms with Crippen LogP contribution in [0.4, 0.5) is 0 Å². The van der Waals surface area contributed by atoms with E-state index in [4.69, 9.17) is 17.4 Å². The Balaban J connectivity index is 2.37. The normalized spacial score (nSPS) is 21.3. The van der Waals surface area contributed by atoms with Crippen molar-refractivity contribution in [3.63, 3.8) is 0 Å². The van der Waals surface area contributed by atoms with Gasteiger partial charge in [0, 0.05) is 10.4 Å². The lowest BCUT2D eigenvalue weighted by atomic mass is 9.81. The number of hydrogen-bond acceptors (Lipinski definition) is 4. The van der Waals surface area contributed by atoms with Crippen molar-refractivity contribution in [1.29, 1.82) is 0 Å². The molecule has 2 rings (SSSR count). The number of hydrazine groups is 1. The van der Waals surface area contributed by atoms with Crippen LogP contribution in [0.2, 0.25) is 5.02 Å². The van der Waals surface area contributed by atoms with Gasteiger partial charge in [-0.3, -0.25) is 11.3 Å². The molecule has 108 valence electrons. The highest BCUT2D eigenvalue weighted by Gasteiger charge is 2.42. The lowest BCUT2D eigenvalue weighted by molar-refractivity contribution is 0.0815. The molecule has 0 amide bonds. The number of likely N-dealkylation sites (N-methyl/N-ethyl adjacent to an activating group) is 1. The molecule has 1 fully saturated rings. The fraction of sp³-hybridized carbons (Fsp3) is 0.714. The summed E-state index contributed by atoms with van der Waals surface area (Å²) in [5, 5.41) is 2.88. The van der Waals surface area contributed by atoms with Crippen LogP contribution >= 0.6 is 22.9 Å². The van der Waals surface area contributed by atoms with Crippen LogP contribution in [-0.2, 0) is 0 Å². The molecule has 3 nitrogen and oxygen atoms in total. The third kappa shape index (κ3) is 2.98. The van der Waals surface area contributed by atoms with Crippen molar-refractivity contribution >= 4 is 22.9 Å². The van der Waals surface area contributed by atoms with Gasteiger partial charge in [0.2, 0.25) is 0 Å². The average Bonchev–Trinajstić information content (AvgIpc) is 2.67.